The Labute approximate surface area is 193 Å². The molecule has 7 nitrogen and oxygen atoms in total. The van der Waals surface area contributed by atoms with Crippen LogP contribution in [0.15, 0.2) is 48.0 Å². The summed E-state index contributed by atoms with van der Waals surface area (Å²) in [6.45, 7) is 2.62. The average molecular weight is 442 g/mol. The molecule has 168 valence electrons. The largest absolute Gasteiger partial charge is 0.361 e. The number of nitrogens with zero attached hydrogens (tertiary/aromatic N) is 3. The van der Waals surface area contributed by atoms with E-state index in [2.05, 4.69) is 34.7 Å². The predicted octanol–water partition coefficient (Wildman–Crippen LogP) is 3.06. The molecule has 3 aliphatic rings. The average Bonchev–Trinajstić information content (AvgIpc) is 3.23. The fraction of sp³-hybridized carbons (Fsp3) is 0.346. The molecule has 2 N–H and O–H groups in total. The van der Waals surface area contributed by atoms with E-state index in [0.717, 1.165) is 43.5 Å². The fourth-order valence-corrected chi connectivity index (χ4v) is 4.84. The molecular formula is C26H27N5O2. The number of amides is 2. The SMILES string of the molecule is CN1CCC(NC(=O)c2ccc3c(c2)NC2/C(=C/c4ccc(C#N)cc4)CCN2C3=O)CC1. The molecule has 1 unspecified atom stereocenters. The zero-order chi connectivity index (χ0) is 22.9. The van der Waals surface area contributed by atoms with Gasteiger partial charge in [0.05, 0.1) is 17.2 Å². The molecule has 3 heterocycles. The summed E-state index contributed by atoms with van der Waals surface area (Å²) in [6.07, 6.45) is 4.52. The molecule has 7 heteroatoms. The number of hydrogen-bond donors (Lipinski definition) is 2. The van der Waals surface area contributed by atoms with Gasteiger partial charge >= 0.3 is 0 Å². The van der Waals surface area contributed by atoms with Gasteiger partial charge in [-0.15, -0.1) is 0 Å². The van der Waals surface area contributed by atoms with Crippen molar-refractivity contribution >= 4 is 23.6 Å². The number of anilines is 1. The Balaban J connectivity index is 1.35. The van der Waals surface area contributed by atoms with Crippen molar-refractivity contribution in [2.24, 2.45) is 0 Å². The van der Waals surface area contributed by atoms with Crippen LogP contribution in [0.4, 0.5) is 5.69 Å². The van der Waals surface area contributed by atoms with Gasteiger partial charge in [0.15, 0.2) is 0 Å². The first-order chi connectivity index (χ1) is 16.0. The van der Waals surface area contributed by atoms with Gasteiger partial charge in [0, 0.05) is 23.8 Å². The van der Waals surface area contributed by atoms with Crippen molar-refractivity contribution in [3.8, 4) is 6.07 Å². The number of piperidine rings is 1. The highest BCUT2D eigenvalue weighted by atomic mass is 16.2. The molecule has 0 radical (unpaired) electrons. The van der Waals surface area contributed by atoms with Crippen LogP contribution in [-0.4, -0.2) is 60.5 Å². The minimum Gasteiger partial charge on any atom is -0.361 e. The van der Waals surface area contributed by atoms with Crippen molar-refractivity contribution < 1.29 is 9.59 Å². The van der Waals surface area contributed by atoms with Gasteiger partial charge in [-0.05, 0) is 80.9 Å². The van der Waals surface area contributed by atoms with E-state index in [1.165, 1.54) is 0 Å². The van der Waals surface area contributed by atoms with E-state index in [1.807, 2.05) is 17.0 Å². The molecule has 2 aromatic carbocycles. The van der Waals surface area contributed by atoms with Crippen LogP contribution in [-0.2, 0) is 0 Å². The fourth-order valence-electron chi connectivity index (χ4n) is 4.84. The van der Waals surface area contributed by atoms with Crippen molar-refractivity contribution in [2.75, 3.05) is 32.0 Å². The summed E-state index contributed by atoms with van der Waals surface area (Å²) in [5, 5.41) is 15.6. The number of fused-ring (bicyclic) bond motifs is 2. The van der Waals surface area contributed by atoms with E-state index in [0.29, 0.717) is 28.9 Å². The van der Waals surface area contributed by atoms with Crippen molar-refractivity contribution in [1.82, 2.24) is 15.1 Å². The van der Waals surface area contributed by atoms with Gasteiger partial charge in [0.25, 0.3) is 11.8 Å². The van der Waals surface area contributed by atoms with Crippen LogP contribution in [0.2, 0.25) is 0 Å². The summed E-state index contributed by atoms with van der Waals surface area (Å²) < 4.78 is 0. The molecule has 33 heavy (non-hydrogen) atoms. The number of nitriles is 1. The monoisotopic (exact) mass is 441 g/mol. The number of nitrogens with one attached hydrogen (secondary N) is 2. The van der Waals surface area contributed by atoms with E-state index in [-0.39, 0.29) is 24.0 Å². The number of carbonyl (C=O) groups excluding carboxylic acids is 2. The first kappa shape index (κ1) is 21.2. The number of hydrogen-bond acceptors (Lipinski definition) is 5. The summed E-state index contributed by atoms with van der Waals surface area (Å²) in [5.74, 6) is -0.108. The van der Waals surface area contributed by atoms with E-state index >= 15 is 0 Å². The highest BCUT2D eigenvalue weighted by Crippen LogP contribution is 2.35. The Kier molecular flexibility index (Phi) is 5.61. The maximum absolute atomic E-state index is 13.1. The Morgan fingerprint density at radius 3 is 2.64 bits per heavy atom. The minimum atomic E-state index is -0.229. The number of rotatable bonds is 3. The van der Waals surface area contributed by atoms with Crippen LogP contribution in [0.5, 0.6) is 0 Å². The van der Waals surface area contributed by atoms with E-state index < -0.39 is 0 Å². The normalized spacial score (nSPS) is 21.8. The third kappa shape index (κ3) is 4.22. The molecule has 5 rings (SSSR count). The van der Waals surface area contributed by atoms with Gasteiger partial charge in [-0.1, -0.05) is 18.2 Å². The molecule has 0 bridgehead atoms. The second-order valence-electron chi connectivity index (χ2n) is 9.06. The lowest BCUT2D eigenvalue weighted by atomic mass is 10.0. The van der Waals surface area contributed by atoms with Gasteiger partial charge in [-0.3, -0.25) is 9.59 Å². The van der Waals surface area contributed by atoms with Crippen molar-refractivity contribution in [3.05, 3.63) is 70.3 Å². The lowest BCUT2D eigenvalue weighted by molar-refractivity contribution is 0.0748. The summed E-state index contributed by atoms with van der Waals surface area (Å²) >= 11 is 0. The standard InChI is InChI=1S/C26H27N5O2/c1-30-11-9-21(10-12-30)28-25(32)20-6-7-22-23(15-20)29-24-19(8-13-31(24)26(22)33)14-17-2-4-18(16-27)5-3-17/h2-7,14-15,21,24,29H,8-13H2,1H3,(H,28,32)/b19-14+. The minimum absolute atomic E-state index is 0.0146. The molecule has 2 fully saturated rings. The highest BCUT2D eigenvalue weighted by molar-refractivity contribution is 6.05. The summed E-state index contributed by atoms with van der Waals surface area (Å²) in [6, 6.07) is 15.0. The molecule has 0 aliphatic carbocycles. The quantitative estimate of drug-likeness (QED) is 0.764. The van der Waals surface area contributed by atoms with Gasteiger partial charge in [0.1, 0.15) is 6.17 Å². The summed E-state index contributed by atoms with van der Waals surface area (Å²) in [7, 11) is 2.10. The molecule has 0 spiro atoms. The molecule has 1 atom stereocenters. The van der Waals surface area contributed by atoms with Crippen molar-refractivity contribution in [3.63, 3.8) is 0 Å². The van der Waals surface area contributed by atoms with Crippen LogP contribution in [0.1, 0.15) is 51.1 Å². The van der Waals surface area contributed by atoms with Gasteiger partial charge in [-0.2, -0.15) is 5.26 Å². The summed E-state index contributed by atoms with van der Waals surface area (Å²) in [5.41, 5.74) is 4.59. The topological polar surface area (TPSA) is 88.5 Å². The lowest BCUT2D eigenvalue weighted by Crippen LogP contribution is -2.45. The predicted molar refractivity (Wildman–Crippen MR) is 127 cm³/mol. The van der Waals surface area contributed by atoms with Crippen molar-refractivity contribution in [2.45, 2.75) is 31.5 Å². The summed E-state index contributed by atoms with van der Waals surface area (Å²) in [4.78, 5) is 30.1. The molecule has 0 aromatic heterocycles. The van der Waals surface area contributed by atoms with Crippen LogP contribution in [0, 0.1) is 11.3 Å². The number of benzene rings is 2. The van der Waals surface area contributed by atoms with Gasteiger partial charge in [-0.25, -0.2) is 0 Å². The number of carbonyl (C=O) groups is 2. The smallest absolute Gasteiger partial charge is 0.257 e. The third-order valence-corrected chi connectivity index (χ3v) is 6.82. The third-order valence-electron chi connectivity index (χ3n) is 6.82. The molecule has 2 amide bonds. The van der Waals surface area contributed by atoms with Crippen molar-refractivity contribution in [1.29, 1.82) is 5.26 Å². The number of likely N-dealkylation sites (tertiary alicyclic amines) is 1. The molecule has 3 aliphatic heterocycles. The van der Waals surface area contributed by atoms with Gasteiger partial charge < -0.3 is 20.4 Å². The Hall–Kier alpha value is -3.63. The maximum Gasteiger partial charge on any atom is 0.257 e. The molecule has 0 saturated carbocycles. The van der Waals surface area contributed by atoms with Crippen LogP contribution in [0.25, 0.3) is 6.08 Å². The van der Waals surface area contributed by atoms with Gasteiger partial charge in [0.2, 0.25) is 0 Å². The highest BCUT2D eigenvalue weighted by Gasteiger charge is 2.38. The lowest BCUT2D eigenvalue weighted by Gasteiger charge is -2.33. The van der Waals surface area contributed by atoms with E-state index in [1.54, 1.807) is 30.3 Å². The molecular weight excluding hydrogens is 414 g/mol. The van der Waals surface area contributed by atoms with E-state index in [4.69, 9.17) is 5.26 Å². The zero-order valence-corrected chi connectivity index (χ0v) is 18.7. The van der Waals surface area contributed by atoms with Crippen LogP contribution in [0.3, 0.4) is 0 Å². The first-order valence-corrected chi connectivity index (χ1v) is 11.4. The van der Waals surface area contributed by atoms with E-state index in [9.17, 15) is 9.59 Å². The Morgan fingerprint density at radius 1 is 1.15 bits per heavy atom. The molecule has 2 aromatic rings. The Morgan fingerprint density at radius 2 is 1.91 bits per heavy atom. The zero-order valence-electron chi connectivity index (χ0n) is 18.7. The first-order valence-electron chi connectivity index (χ1n) is 11.4. The Bertz CT molecular complexity index is 1160. The maximum atomic E-state index is 13.1. The van der Waals surface area contributed by atoms with Crippen LogP contribution >= 0.6 is 0 Å². The second kappa shape index (κ2) is 8.72. The molecule has 2 saturated heterocycles. The second-order valence-corrected chi connectivity index (χ2v) is 9.06. The van der Waals surface area contributed by atoms with Crippen LogP contribution < -0.4 is 10.6 Å².